The summed E-state index contributed by atoms with van der Waals surface area (Å²) in [7, 11) is 3.08. The van der Waals surface area contributed by atoms with E-state index < -0.39 is 0 Å². The number of unbranched alkanes of at least 4 members (excludes halogenated alkanes) is 1. The molecule has 2 aromatic carbocycles. The average molecular weight is 398 g/mol. The van der Waals surface area contributed by atoms with E-state index in [-0.39, 0.29) is 5.91 Å². The molecule has 0 spiro atoms. The van der Waals surface area contributed by atoms with Crippen molar-refractivity contribution < 1.29 is 14.3 Å². The molecule has 0 aliphatic heterocycles. The van der Waals surface area contributed by atoms with Crippen LogP contribution >= 0.6 is 11.3 Å². The zero-order chi connectivity index (χ0) is 19.9. The molecule has 3 aromatic rings. The lowest BCUT2D eigenvalue weighted by atomic mass is 10.1. The van der Waals surface area contributed by atoms with Crippen molar-refractivity contribution in [2.45, 2.75) is 26.2 Å². The van der Waals surface area contributed by atoms with Gasteiger partial charge in [0, 0.05) is 11.1 Å². The molecule has 0 saturated carbocycles. The fourth-order valence-electron chi connectivity index (χ4n) is 2.73. The van der Waals surface area contributed by atoms with Crippen LogP contribution in [-0.2, 0) is 6.42 Å². The SMILES string of the molecule is CCCCc1ccc(-c2nnc(NC(=O)c3ccc(OC)c(OC)c3)s2)cc1. The van der Waals surface area contributed by atoms with Gasteiger partial charge in [0.15, 0.2) is 11.5 Å². The Bertz CT molecular complexity index is 938. The van der Waals surface area contributed by atoms with Crippen LogP contribution in [0.1, 0.15) is 35.7 Å². The molecule has 3 rings (SSSR count). The van der Waals surface area contributed by atoms with Gasteiger partial charge < -0.3 is 9.47 Å². The Morgan fingerprint density at radius 3 is 2.46 bits per heavy atom. The third kappa shape index (κ3) is 4.67. The number of nitrogens with zero attached hydrogens (tertiary/aromatic N) is 2. The highest BCUT2D eigenvalue weighted by Crippen LogP contribution is 2.29. The first-order valence-corrected chi connectivity index (χ1v) is 9.92. The largest absolute Gasteiger partial charge is 0.493 e. The van der Waals surface area contributed by atoms with E-state index >= 15 is 0 Å². The van der Waals surface area contributed by atoms with Gasteiger partial charge in [-0.25, -0.2) is 0 Å². The molecule has 7 heteroatoms. The molecule has 0 fully saturated rings. The van der Waals surface area contributed by atoms with Crippen molar-refractivity contribution >= 4 is 22.4 Å². The Hall–Kier alpha value is -2.93. The topological polar surface area (TPSA) is 73.3 Å². The number of hydrogen-bond acceptors (Lipinski definition) is 6. The Kier molecular flexibility index (Phi) is 6.60. The van der Waals surface area contributed by atoms with Crippen molar-refractivity contribution in [3.8, 4) is 22.1 Å². The first-order chi connectivity index (χ1) is 13.6. The summed E-state index contributed by atoms with van der Waals surface area (Å²) in [5, 5.41) is 12.3. The van der Waals surface area contributed by atoms with Crippen LogP contribution in [0.3, 0.4) is 0 Å². The van der Waals surface area contributed by atoms with Gasteiger partial charge in [0.2, 0.25) is 5.13 Å². The Balaban J connectivity index is 1.69. The van der Waals surface area contributed by atoms with Crippen LogP contribution in [0.15, 0.2) is 42.5 Å². The third-order valence-electron chi connectivity index (χ3n) is 4.31. The number of hydrogen-bond donors (Lipinski definition) is 1. The summed E-state index contributed by atoms with van der Waals surface area (Å²) < 4.78 is 10.4. The zero-order valence-electron chi connectivity index (χ0n) is 16.2. The summed E-state index contributed by atoms with van der Waals surface area (Å²) >= 11 is 1.34. The second kappa shape index (κ2) is 9.32. The maximum absolute atomic E-state index is 12.5. The second-order valence-corrected chi connectivity index (χ2v) is 7.21. The number of anilines is 1. The highest BCUT2D eigenvalue weighted by molar-refractivity contribution is 7.18. The maximum Gasteiger partial charge on any atom is 0.257 e. The Morgan fingerprint density at radius 1 is 1.04 bits per heavy atom. The van der Waals surface area contributed by atoms with Crippen LogP contribution in [0.4, 0.5) is 5.13 Å². The van der Waals surface area contributed by atoms with E-state index in [1.165, 1.54) is 36.9 Å². The molecule has 0 unspecified atom stereocenters. The van der Waals surface area contributed by atoms with E-state index in [9.17, 15) is 4.79 Å². The van der Waals surface area contributed by atoms with Crippen molar-refractivity contribution in [1.29, 1.82) is 0 Å². The lowest BCUT2D eigenvalue weighted by Gasteiger charge is -2.08. The number of nitrogens with one attached hydrogen (secondary N) is 1. The first kappa shape index (κ1) is 19.8. The van der Waals surface area contributed by atoms with Crippen LogP contribution in [0, 0.1) is 0 Å². The molecular formula is C21H23N3O3S. The van der Waals surface area contributed by atoms with Crippen molar-refractivity contribution in [3.05, 3.63) is 53.6 Å². The number of rotatable bonds is 8. The monoisotopic (exact) mass is 397 g/mol. The molecule has 1 N–H and O–H groups in total. The summed E-state index contributed by atoms with van der Waals surface area (Å²) in [5.74, 6) is 0.787. The predicted octanol–water partition coefficient (Wildman–Crippen LogP) is 4.82. The Labute approximate surface area is 168 Å². The molecule has 0 aliphatic rings. The minimum atomic E-state index is -0.279. The minimum Gasteiger partial charge on any atom is -0.493 e. The van der Waals surface area contributed by atoms with E-state index in [2.05, 4.69) is 34.6 Å². The molecule has 1 aromatic heterocycles. The minimum absolute atomic E-state index is 0.279. The highest BCUT2D eigenvalue weighted by atomic mass is 32.1. The van der Waals surface area contributed by atoms with Gasteiger partial charge in [-0.2, -0.15) is 0 Å². The first-order valence-electron chi connectivity index (χ1n) is 9.10. The fraction of sp³-hybridized carbons (Fsp3) is 0.286. The van der Waals surface area contributed by atoms with Gasteiger partial charge in [-0.3, -0.25) is 10.1 Å². The fourth-order valence-corrected chi connectivity index (χ4v) is 3.48. The summed E-state index contributed by atoms with van der Waals surface area (Å²) in [5.41, 5.74) is 2.76. The van der Waals surface area contributed by atoms with Crippen LogP contribution in [0.25, 0.3) is 10.6 Å². The maximum atomic E-state index is 12.5. The highest BCUT2D eigenvalue weighted by Gasteiger charge is 2.14. The quantitative estimate of drug-likeness (QED) is 0.590. The van der Waals surface area contributed by atoms with Crippen LogP contribution in [0.2, 0.25) is 0 Å². The number of ether oxygens (including phenoxy) is 2. The zero-order valence-corrected chi connectivity index (χ0v) is 17.0. The number of methoxy groups -OCH3 is 2. The van der Waals surface area contributed by atoms with Crippen molar-refractivity contribution in [1.82, 2.24) is 10.2 Å². The van der Waals surface area contributed by atoms with Gasteiger partial charge in [0.05, 0.1) is 14.2 Å². The lowest BCUT2D eigenvalue weighted by Crippen LogP contribution is -2.11. The standard InChI is InChI=1S/C21H23N3O3S/c1-4-5-6-14-7-9-15(10-8-14)20-23-24-21(28-20)22-19(25)16-11-12-17(26-2)18(13-16)27-3/h7-13H,4-6H2,1-3H3,(H,22,24,25). The van der Waals surface area contributed by atoms with Crippen molar-refractivity contribution in [2.24, 2.45) is 0 Å². The summed E-state index contributed by atoms with van der Waals surface area (Å²) in [4.78, 5) is 12.5. The lowest BCUT2D eigenvalue weighted by molar-refractivity contribution is 0.102. The predicted molar refractivity (Wildman–Crippen MR) is 111 cm³/mol. The molecule has 1 heterocycles. The number of aryl methyl sites for hydroxylation is 1. The van der Waals surface area contributed by atoms with Gasteiger partial charge in [-0.05, 0) is 36.6 Å². The smallest absolute Gasteiger partial charge is 0.257 e. The second-order valence-electron chi connectivity index (χ2n) is 6.24. The van der Waals surface area contributed by atoms with Gasteiger partial charge in [0.1, 0.15) is 5.01 Å². The Morgan fingerprint density at radius 2 is 1.79 bits per heavy atom. The third-order valence-corrected chi connectivity index (χ3v) is 5.20. The molecule has 28 heavy (non-hydrogen) atoms. The van der Waals surface area contributed by atoms with E-state index in [4.69, 9.17) is 9.47 Å². The molecular weight excluding hydrogens is 374 g/mol. The summed E-state index contributed by atoms with van der Waals surface area (Å²) in [6.45, 7) is 2.19. The molecule has 0 saturated heterocycles. The number of carbonyl (C=O) groups is 1. The molecule has 6 nitrogen and oxygen atoms in total. The number of benzene rings is 2. The van der Waals surface area contributed by atoms with E-state index in [1.54, 1.807) is 25.3 Å². The van der Waals surface area contributed by atoms with E-state index in [1.807, 2.05) is 12.1 Å². The number of carbonyl (C=O) groups excluding carboxylic acids is 1. The molecule has 1 amide bonds. The van der Waals surface area contributed by atoms with Crippen LogP contribution < -0.4 is 14.8 Å². The van der Waals surface area contributed by atoms with E-state index in [0.717, 1.165) is 17.0 Å². The molecule has 0 radical (unpaired) electrons. The van der Waals surface area contributed by atoms with Crippen molar-refractivity contribution in [2.75, 3.05) is 19.5 Å². The van der Waals surface area contributed by atoms with Gasteiger partial charge in [-0.15, -0.1) is 10.2 Å². The van der Waals surface area contributed by atoms with Crippen LogP contribution in [-0.4, -0.2) is 30.3 Å². The van der Waals surface area contributed by atoms with Gasteiger partial charge >= 0.3 is 0 Å². The molecule has 0 atom stereocenters. The summed E-state index contributed by atoms with van der Waals surface area (Å²) in [6, 6.07) is 13.3. The number of amides is 1. The van der Waals surface area contributed by atoms with Crippen molar-refractivity contribution in [3.63, 3.8) is 0 Å². The number of aromatic nitrogens is 2. The summed E-state index contributed by atoms with van der Waals surface area (Å²) in [6.07, 6.45) is 3.45. The van der Waals surface area contributed by atoms with Crippen LogP contribution in [0.5, 0.6) is 11.5 Å². The normalized spacial score (nSPS) is 10.5. The molecule has 0 aliphatic carbocycles. The van der Waals surface area contributed by atoms with Gasteiger partial charge in [0.25, 0.3) is 5.91 Å². The van der Waals surface area contributed by atoms with E-state index in [0.29, 0.717) is 22.2 Å². The molecule has 146 valence electrons. The molecule has 0 bridgehead atoms. The van der Waals surface area contributed by atoms with Gasteiger partial charge in [-0.1, -0.05) is 48.9 Å². The average Bonchev–Trinajstić information content (AvgIpc) is 3.20.